The van der Waals surface area contributed by atoms with E-state index >= 15 is 0 Å². The summed E-state index contributed by atoms with van der Waals surface area (Å²) in [6.45, 7) is 0. The van der Waals surface area contributed by atoms with Crippen molar-refractivity contribution in [2.45, 2.75) is 12.3 Å². The van der Waals surface area contributed by atoms with Gasteiger partial charge in [0, 0.05) is 10.4 Å². The molecule has 0 N–H and O–H groups in total. The highest BCUT2D eigenvalue weighted by atomic mass is 79.9. The van der Waals surface area contributed by atoms with Crippen LogP contribution in [-0.4, -0.2) is 0 Å². The quantitative estimate of drug-likeness (QED) is 0.698. The average molecular weight is 310 g/mol. The molecule has 1 heteroatoms. The predicted octanol–water partition coefficient (Wildman–Crippen LogP) is 5.38. The minimum Gasteiger partial charge on any atom is -0.0757 e. The van der Waals surface area contributed by atoms with Gasteiger partial charge in [0.15, 0.2) is 0 Å². The molecular weight excluding hydrogens is 296 g/mol. The van der Waals surface area contributed by atoms with Crippen LogP contribution in [0.25, 0.3) is 5.57 Å². The fraction of sp³-hybridized carbons (Fsp3) is 0.111. The lowest BCUT2D eigenvalue weighted by Crippen LogP contribution is -2.04. The zero-order valence-electron chi connectivity index (χ0n) is 10.5. The molecule has 0 aliphatic heterocycles. The molecule has 0 fully saturated rings. The van der Waals surface area contributed by atoms with E-state index in [9.17, 15) is 0 Å². The number of allylic oxidation sites excluding steroid dienone is 4. The van der Waals surface area contributed by atoms with E-state index in [2.05, 4.69) is 88.8 Å². The monoisotopic (exact) mass is 309 g/mol. The highest BCUT2D eigenvalue weighted by Gasteiger charge is 2.18. The molecule has 1 radical (unpaired) electrons. The first-order valence-corrected chi connectivity index (χ1v) is 7.22. The highest BCUT2D eigenvalue weighted by Crippen LogP contribution is 2.37. The van der Waals surface area contributed by atoms with E-state index in [-0.39, 0.29) is 0 Å². The van der Waals surface area contributed by atoms with Gasteiger partial charge in [0.05, 0.1) is 0 Å². The van der Waals surface area contributed by atoms with E-state index in [0.717, 1.165) is 10.9 Å². The Balaban J connectivity index is 2.00. The molecule has 2 aromatic rings. The Bertz CT molecular complexity index is 606. The molecule has 2 aromatic carbocycles. The van der Waals surface area contributed by atoms with Crippen molar-refractivity contribution in [2.24, 2.45) is 0 Å². The van der Waals surface area contributed by atoms with Gasteiger partial charge in [-0.3, -0.25) is 0 Å². The maximum Gasteiger partial charge on any atom is 0.0175 e. The van der Waals surface area contributed by atoms with Crippen molar-refractivity contribution in [3.8, 4) is 0 Å². The summed E-state index contributed by atoms with van der Waals surface area (Å²) in [5.74, 6) is 0.434. The molecule has 93 valence electrons. The molecule has 1 aliphatic carbocycles. The van der Waals surface area contributed by atoms with E-state index in [1.807, 2.05) is 0 Å². The second-order valence-electron chi connectivity index (χ2n) is 4.68. The van der Waals surface area contributed by atoms with Gasteiger partial charge in [0.25, 0.3) is 0 Å². The number of halogens is 1. The highest BCUT2D eigenvalue weighted by molar-refractivity contribution is 9.10. The zero-order valence-corrected chi connectivity index (χ0v) is 12.1. The summed E-state index contributed by atoms with van der Waals surface area (Å²) in [5.41, 5.74) is 3.99. The van der Waals surface area contributed by atoms with Gasteiger partial charge in [0.1, 0.15) is 0 Å². The van der Waals surface area contributed by atoms with E-state index in [4.69, 9.17) is 0 Å². The molecular formula is C18H14Br. The van der Waals surface area contributed by atoms with Crippen LogP contribution in [0.4, 0.5) is 0 Å². The number of rotatable bonds is 2. The Morgan fingerprint density at radius 1 is 0.947 bits per heavy atom. The lowest BCUT2D eigenvalue weighted by atomic mass is 9.82. The number of hydrogen-bond donors (Lipinski definition) is 0. The summed E-state index contributed by atoms with van der Waals surface area (Å²) in [6.07, 6.45) is 8.51. The molecule has 0 saturated heterocycles. The molecule has 0 nitrogen and oxygen atoms in total. The van der Waals surface area contributed by atoms with Crippen molar-refractivity contribution in [3.63, 3.8) is 0 Å². The molecule has 0 amide bonds. The molecule has 0 saturated carbocycles. The lowest BCUT2D eigenvalue weighted by Gasteiger charge is -2.22. The molecule has 1 aliphatic rings. The van der Waals surface area contributed by atoms with Crippen LogP contribution in [0.3, 0.4) is 0 Å². The van der Waals surface area contributed by atoms with Gasteiger partial charge in [-0.05, 0) is 41.3 Å². The van der Waals surface area contributed by atoms with Crippen LogP contribution in [0, 0.1) is 6.08 Å². The predicted molar refractivity (Wildman–Crippen MR) is 83.7 cm³/mol. The Labute approximate surface area is 122 Å². The standard InChI is InChI=1S/C18H14Br/c19-16-12-10-15(11-13-16)18-9-5-4-8-17(18)14-6-2-1-3-7-14/h1-4,6-7,9-13,17H,8H2. The maximum atomic E-state index is 3.49. The number of hydrogen-bond acceptors (Lipinski definition) is 0. The van der Waals surface area contributed by atoms with Crippen molar-refractivity contribution in [2.75, 3.05) is 0 Å². The van der Waals surface area contributed by atoms with Crippen LogP contribution in [0.5, 0.6) is 0 Å². The summed E-state index contributed by atoms with van der Waals surface area (Å²) in [4.78, 5) is 0. The minimum atomic E-state index is 0.434. The van der Waals surface area contributed by atoms with Crippen molar-refractivity contribution in [1.29, 1.82) is 0 Å². The van der Waals surface area contributed by atoms with Crippen molar-refractivity contribution < 1.29 is 0 Å². The third-order valence-corrected chi connectivity index (χ3v) is 3.99. The zero-order chi connectivity index (χ0) is 13.1. The van der Waals surface area contributed by atoms with Gasteiger partial charge in [-0.1, -0.05) is 70.5 Å². The second kappa shape index (κ2) is 5.58. The molecule has 0 bridgehead atoms. The molecule has 0 heterocycles. The topological polar surface area (TPSA) is 0 Å². The van der Waals surface area contributed by atoms with E-state index in [1.165, 1.54) is 16.7 Å². The number of benzene rings is 2. The molecule has 3 rings (SSSR count). The third-order valence-electron chi connectivity index (χ3n) is 3.47. The van der Waals surface area contributed by atoms with Crippen LogP contribution in [0.2, 0.25) is 0 Å². The first-order valence-electron chi connectivity index (χ1n) is 6.43. The van der Waals surface area contributed by atoms with Crippen molar-refractivity contribution >= 4 is 21.5 Å². The summed E-state index contributed by atoms with van der Waals surface area (Å²) in [5, 5.41) is 0. The summed E-state index contributed by atoms with van der Waals surface area (Å²) in [7, 11) is 0. The third kappa shape index (κ3) is 2.71. The van der Waals surface area contributed by atoms with E-state index in [0.29, 0.717) is 5.92 Å². The van der Waals surface area contributed by atoms with Crippen LogP contribution >= 0.6 is 15.9 Å². The molecule has 1 unspecified atom stereocenters. The fourth-order valence-corrected chi connectivity index (χ4v) is 2.75. The van der Waals surface area contributed by atoms with Gasteiger partial charge in [-0.2, -0.15) is 0 Å². The fourth-order valence-electron chi connectivity index (χ4n) is 2.49. The van der Waals surface area contributed by atoms with Gasteiger partial charge < -0.3 is 0 Å². The average Bonchev–Trinajstić information content (AvgIpc) is 2.49. The Morgan fingerprint density at radius 3 is 2.42 bits per heavy atom. The molecule has 19 heavy (non-hydrogen) atoms. The van der Waals surface area contributed by atoms with Gasteiger partial charge in [0.2, 0.25) is 0 Å². The Hall–Kier alpha value is -1.60. The van der Waals surface area contributed by atoms with Gasteiger partial charge in [-0.25, -0.2) is 0 Å². The smallest absolute Gasteiger partial charge is 0.0175 e. The van der Waals surface area contributed by atoms with Crippen LogP contribution in [0.15, 0.2) is 71.2 Å². The van der Waals surface area contributed by atoms with Gasteiger partial charge in [-0.15, -0.1) is 0 Å². The first kappa shape index (κ1) is 12.4. The Morgan fingerprint density at radius 2 is 1.68 bits per heavy atom. The van der Waals surface area contributed by atoms with E-state index < -0.39 is 0 Å². The molecule has 0 spiro atoms. The summed E-state index contributed by atoms with van der Waals surface area (Å²) < 4.78 is 1.11. The summed E-state index contributed by atoms with van der Waals surface area (Å²) in [6, 6.07) is 19.2. The van der Waals surface area contributed by atoms with Crippen molar-refractivity contribution in [1.82, 2.24) is 0 Å². The first-order chi connectivity index (χ1) is 9.34. The van der Waals surface area contributed by atoms with Crippen molar-refractivity contribution in [3.05, 3.63) is 88.4 Å². The van der Waals surface area contributed by atoms with E-state index in [1.54, 1.807) is 0 Å². The summed E-state index contributed by atoms with van der Waals surface area (Å²) >= 11 is 3.49. The molecule has 1 atom stereocenters. The maximum absolute atomic E-state index is 3.49. The normalized spacial score (nSPS) is 18.2. The second-order valence-corrected chi connectivity index (χ2v) is 5.59. The lowest BCUT2D eigenvalue weighted by molar-refractivity contribution is 0.871. The van der Waals surface area contributed by atoms with Gasteiger partial charge >= 0.3 is 0 Å². The minimum absolute atomic E-state index is 0.434. The largest absolute Gasteiger partial charge is 0.0757 e. The van der Waals surface area contributed by atoms with Crippen LogP contribution in [0.1, 0.15) is 23.5 Å². The SMILES string of the molecule is Brc1ccc(C2=C[C]=CCC2c2ccccc2)cc1. The van der Waals surface area contributed by atoms with Crippen LogP contribution < -0.4 is 0 Å². The Kier molecular flexibility index (Phi) is 3.65. The molecule has 0 aromatic heterocycles. The van der Waals surface area contributed by atoms with Crippen LogP contribution in [-0.2, 0) is 0 Å².